The molecule has 40 heavy (non-hydrogen) atoms. The van der Waals surface area contributed by atoms with E-state index < -0.39 is 5.82 Å². The van der Waals surface area contributed by atoms with Crippen molar-refractivity contribution in [3.63, 3.8) is 0 Å². The minimum absolute atomic E-state index is 0.0397. The first-order chi connectivity index (χ1) is 19.5. The first-order valence-corrected chi connectivity index (χ1v) is 14.3. The van der Waals surface area contributed by atoms with Crippen LogP contribution in [-0.2, 0) is 17.9 Å². The van der Waals surface area contributed by atoms with Crippen LogP contribution in [0.3, 0.4) is 0 Å². The summed E-state index contributed by atoms with van der Waals surface area (Å²) in [4.78, 5) is 28.6. The third kappa shape index (κ3) is 4.51. The fourth-order valence-corrected chi connectivity index (χ4v) is 6.73. The lowest BCUT2D eigenvalue weighted by atomic mass is 9.90. The number of hydrogen-bond donors (Lipinski definition) is 0. The van der Waals surface area contributed by atoms with Crippen molar-refractivity contribution in [2.24, 2.45) is 5.41 Å². The molecule has 9 nitrogen and oxygen atoms in total. The van der Waals surface area contributed by atoms with Crippen LogP contribution in [0.4, 0.5) is 10.2 Å². The number of piperidine rings is 1. The number of pyridine rings is 1. The number of carbonyl (C=O) groups is 1. The van der Waals surface area contributed by atoms with Gasteiger partial charge in [-0.2, -0.15) is 10.2 Å². The van der Waals surface area contributed by atoms with Crippen molar-refractivity contribution in [1.82, 2.24) is 19.5 Å². The highest BCUT2D eigenvalue weighted by Gasteiger charge is 2.57. The molecule has 3 aliphatic rings. The van der Waals surface area contributed by atoms with Crippen molar-refractivity contribution in [3.8, 4) is 11.9 Å². The molecule has 2 unspecified atom stereocenters. The molecular formula is C29H27FN6O3S. The Kier molecular flexibility index (Phi) is 6.24. The summed E-state index contributed by atoms with van der Waals surface area (Å²) in [6.07, 6.45) is 5.19. The van der Waals surface area contributed by atoms with E-state index >= 15 is 0 Å². The Bertz CT molecular complexity index is 1630. The fraction of sp³-hybridized carbons (Fsp3) is 0.414. The van der Waals surface area contributed by atoms with Crippen LogP contribution >= 0.6 is 11.3 Å². The highest BCUT2D eigenvalue weighted by atomic mass is 32.1. The van der Waals surface area contributed by atoms with Crippen molar-refractivity contribution in [2.75, 3.05) is 24.6 Å². The first kappa shape index (κ1) is 25.1. The Morgan fingerprint density at radius 2 is 2.08 bits per heavy atom. The number of nitriles is 1. The molecule has 0 N–H and O–H groups in total. The number of rotatable bonds is 8. The van der Waals surface area contributed by atoms with Crippen LogP contribution in [0.5, 0.6) is 5.88 Å². The zero-order valence-electron chi connectivity index (χ0n) is 21.8. The van der Waals surface area contributed by atoms with Crippen molar-refractivity contribution in [2.45, 2.75) is 50.9 Å². The SMILES string of the molecule is N#Cc1ccc(COc2cccc(N3CCC4(CC3)CC4c3nc4sc(C=O)nc4n3CC3CCO3)n2)c(F)c1. The quantitative estimate of drug-likeness (QED) is 0.283. The van der Waals surface area contributed by atoms with Gasteiger partial charge in [0.15, 0.2) is 21.8 Å². The Labute approximate surface area is 234 Å². The molecule has 1 aliphatic carbocycles. The monoisotopic (exact) mass is 558 g/mol. The second-order valence-corrected chi connectivity index (χ2v) is 11.8. The summed E-state index contributed by atoms with van der Waals surface area (Å²) in [5, 5.41) is 9.40. The van der Waals surface area contributed by atoms with Gasteiger partial charge < -0.3 is 18.9 Å². The number of fused-ring (bicyclic) bond motifs is 1. The normalized spacial score (nSPS) is 21.2. The number of anilines is 1. The maximum absolute atomic E-state index is 14.2. The molecule has 1 aromatic carbocycles. The number of benzene rings is 1. The van der Waals surface area contributed by atoms with Gasteiger partial charge in [-0.05, 0) is 49.3 Å². The lowest BCUT2D eigenvalue weighted by Gasteiger charge is -2.34. The van der Waals surface area contributed by atoms with Gasteiger partial charge in [0.2, 0.25) is 5.88 Å². The van der Waals surface area contributed by atoms with Gasteiger partial charge in [0, 0.05) is 37.2 Å². The number of hydrogen-bond acceptors (Lipinski definition) is 9. The molecule has 3 aromatic heterocycles. The van der Waals surface area contributed by atoms with Crippen LogP contribution < -0.4 is 9.64 Å². The Balaban J connectivity index is 1.02. The number of nitrogens with zero attached hydrogens (tertiary/aromatic N) is 6. The van der Waals surface area contributed by atoms with Gasteiger partial charge in [-0.15, -0.1) is 0 Å². The molecule has 2 saturated heterocycles. The number of carbonyl (C=O) groups excluding carboxylic acids is 1. The number of aldehydes is 1. The van der Waals surface area contributed by atoms with Crippen LogP contribution in [0.15, 0.2) is 36.4 Å². The number of thiazole rings is 1. The third-order valence-corrected chi connectivity index (χ3v) is 9.35. The molecule has 1 saturated carbocycles. The summed E-state index contributed by atoms with van der Waals surface area (Å²) in [6.45, 7) is 3.33. The van der Waals surface area contributed by atoms with Gasteiger partial charge >= 0.3 is 0 Å². The van der Waals surface area contributed by atoms with Gasteiger partial charge in [-0.3, -0.25) is 4.79 Å². The molecule has 5 heterocycles. The molecule has 0 bridgehead atoms. The highest BCUT2D eigenvalue weighted by molar-refractivity contribution is 7.19. The van der Waals surface area contributed by atoms with Gasteiger partial charge in [-0.25, -0.2) is 14.4 Å². The number of halogens is 1. The van der Waals surface area contributed by atoms with Crippen LogP contribution in [-0.4, -0.2) is 51.6 Å². The number of aromatic nitrogens is 4. The number of imidazole rings is 1. The van der Waals surface area contributed by atoms with E-state index in [2.05, 4.69) is 19.4 Å². The van der Waals surface area contributed by atoms with E-state index in [-0.39, 0.29) is 23.7 Å². The van der Waals surface area contributed by atoms with Gasteiger partial charge in [0.05, 0.1) is 24.3 Å². The third-order valence-electron chi connectivity index (χ3n) is 8.49. The van der Waals surface area contributed by atoms with Gasteiger partial charge in [-0.1, -0.05) is 23.5 Å². The maximum atomic E-state index is 14.2. The lowest BCUT2D eigenvalue weighted by molar-refractivity contribution is -0.0591. The molecule has 1 spiro atoms. The Morgan fingerprint density at radius 3 is 2.80 bits per heavy atom. The zero-order chi connectivity index (χ0) is 27.3. The second-order valence-electron chi connectivity index (χ2n) is 10.8. The van der Waals surface area contributed by atoms with E-state index in [9.17, 15) is 9.18 Å². The molecule has 0 amide bonds. The first-order valence-electron chi connectivity index (χ1n) is 13.5. The molecule has 0 radical (unpaired) electrons. The largest absolute Gasteiger partial charge is 0.473 e. The van der Waals surface area contributed by atoms with Crippen LogP contribution in [0.25, 0.3) is 10.5 Å². The van der Waals surface area contributed by atoms with Gasteiger partial charge in [0.25, 0.3) is 0 Å². The smallest absolute Gasteiger partial charge is 0.215 e. The van der Waals surface area contributed by atoms with E-state index in [0.717, 1.165) is 80.3 Å². The van der Waals surface area contributed by atoms with Crippen LogP contribution in [0, 0.1) is 22.6 Å². The molecule has 7 rings (SSSR count). The summed E-state index contributed by atoms with van der Waals surface area (Å²) in [5.41, 5.74) is 1.68. The highest BCUT2D eigenvalue weighted by Crippen LogP contribution is 2.65. The lowest BCUT2D eigenvalue weighted by Crippen LogP contribution is -2.36. The standard InChI is InChI=1S/C29H27FN6O3S/c30-22-12-18(14-31)4-5-19(22)17-39-24-3-1-2-23(32-24)35-9-7-29(8-10-35)13-21(29)26-34-28-27(33-25(16-37)40-28)36(26)15-20-6-11-38-20/h1-5,12,16,20-21H,6-11,13,15,17H2. The van der Waals surface area contributed by atoms with Crippen molar-refractivity contribution in [1.29, 1.82) is 5.26 Å². The van der Waals surface area contributed by atoms with Crippen LogP contribution in [0.1, 0.15) is 58.4 Å². The maximum Gasteiger partial charge on any atom is 0.215 e. The Morgan fingerprint density at radius 1 is 1.23 bits per heavy atom. The number of ether oxygens (including phenoxy) is 2. The van der Waals surface area contributed by atoms with E-state index in [0.29, 0.717) is 22.4 Å². The van der Waals surface area contributed by atoms with E-state index in [4.69, 9.17) is 19.7 Å². The van der Waals surface area contributed by atoms with E-state index in [1.165, 1.54) is 17.4 Å². The summed E-state index contributed by atoms with van der Waals surface area (Å²) in [5.74, 6) is 2.28. The predicted molar refractivity (Wildman–Crippen MR) is 146 cm³/mol. The molecule has 204 valence electrons. The molecule has 2 aliphatic heterocycles. The van der Waals surface area contributed by atoms with E-state index in [1.807, 2.05) is 18.2 Å². The van der Waals surface area contributed by atoms with E-state index in [1.54, 1.807) is 18.2 Å². The molecule has 2 atom stereocenters. The summed E-state index contributed by atoms with van der Waals surface area (Å²) < 4.78 is 27.9. The predicted octanol–water partition coefficient (Wildman–Crippen LogP) is 4.85. The average Bonchev–Trinajstić information content (AvgIpc) is 3.31. The molecule has 3 fully saturated rings. The summed E-state index contributed by atoms with van der Waals surface area (Å²) >= 11 is 1.36. The summed E-state index contributed by atoms with van der Waals surface area (Å²) in [6, 6.07) is 12.0. The van der Waals surface area contributed by atoms with Crippen molar-refractivity contribution < 1.29 is 18.7 Å². The van der Waals surface area contributed by atoms with Crippen LogP contribution in [0.2, 0.25) is 0 Å². The zero-order valence-corrected chi connectivity index (χ0v) is 22.6. The minimum atomic E-state index is -0.462. The van der Waals surface area contributed by atoms with Crippen molar-refractivity contribution >= 4 is 33.9 Å². The minimum Gasteiger partial charge on any atom is -0.473 e. The van der Waals surface area contributed by atoms with Gasteiger partial charge in [0.1, 0.15) is 24.1 Å². The Hall–Kier alpha value is -3.88. The topological polar surface area (TPSA) is 106 Å². The molecule has 4 aromatic rings. The molecular weight excluding hydrogens is 531 g/mol. The summed E-state index contributed by atoms with van der Waals surface area (Å²) in [7, 11) is 0. The van der Waals surface area contributed by atoms with Crippen molar-refractivity contribution in [3.05, 3.63) is 64.2 Å². The molecule has 11 heteroatoms. The second kappa shape index (κ2) is 9.94. The average molecular weight is 559 g/mol. The fourth-order valence-electron chi connectivity index (χ4n) is 5.96.